The predicted octanol–water partition coefficient (Wildman–Crippen LogP) is 1.81. The molecule has 17 heavy (non-hydrogen) atoms. The smallest absolute Gasteiger partial charge is 0.275 e. The number of nitrogens with zero attached hydrogens (tertiary/aromatic N) is 2. The third kappa shape index (κ3) is 2.86. The monoisotopic (exact) mass is 248 g/mol. The van der Waals surface area contributed by atoms with Gasteiger partial charge >= 0.3 is 0 Å². The Morgan fingerprint density at radius 3 is 2.76 bits per heavy atom. The van der Waals surface area contributed by atoms with Crippen LogP contribution in [0.3, 0.4) is 0 Å². The van der Waals surface area contributed by atoms with Crippen LogP contribution in [-0.4, -0.2) is 15.9 Å². The number of nitrogens with two attached hydrogens (primary N) is 1. The third-order valence-electron chi connectivity index (χ3n) is 2.08. The van der Waals surface area contributed by atoms with Crippen LogP contribution in [0.1, 0.15) is 28.5 Å². The van der Waals surface area contributed by atoms with Crippen LogP contribution in [0, 0.1) is 0 Å². The van der Waals surface area contributed by atoms with Crippen molar-refractivity contribution in [1.29, 1.82) is 0 Å². The maximum atomic E-state index is 11.8. The minimum Gasteiger partial charge on any atom is -0.322 e. The van der Waals surface area contributed by atoms with Gasteiger partial charge in [-0.25, -0.2) is 4.98 Å². The molecule has 0 aliphatic heterocycles. The molecule has 0 saturated carbocycles. The van der Waals surface area contributed by atoms with Crippen molar-refractivity contribution in [2.75, 3.05) is 5.32 Å². The number of rotatable bonds is 3. The lowest BCUT2D eigenvalue weighted by Gasteiger charge is -2.01. The maximum absolute atomic E-state index is 11.8. The first-order chi connectivity index (χ1) is 8.16. The summed E-state index contributed by atoms with van der Waals surface area (Å²) in [5.41, 5.74) is 6.77. The first-order valence-electron chi connectivity index (χ1n) is 5.09. The first kappa shape index (κ1) is 11.7. The maximum Gasteiger partial charge on any atom is 0.275 e. The molecule has 0 aliphatic rings. The zero-order valence-electron chi connectivity index (χ0n) is 9.25. The van der Waals surface area contributed by atoms with Crippen molar-refractivity contribution in [2.45, 2.75) is 13.0 Å². The summed E-state index contributed by atoms with van der Waals surface area (Å²) < 4.78 is 0. The molecule has 0 fully saturated rings. The summed E-state index contributed by atoms with van der Waals surface area (Å²) in [6.07, 6.45) is 3.23. The van der Waals surface area contributed by atoms with Crippen molar-refractivity contribution >= 4 is 22.9 Å². The van der Waals surface area contributed by atoms with Gasteiger partial charge in [-0.15, -0.1) is 11.3 Å². The standard InChI is InChI=1S/C11H12N4OS/c1-7(12)11-15-9(6-17-11)10(16)14-8-2-4-13-5-3-8/h2-7H,12H2,1H3,(H,13,14,16). The van der Waals surface area contributed by atoms with Crippen molar-refractivity contribution in [3.63, 3.8) is 0 Å². The molecule has 2 heterocycles. The predicted molar refractivity (Wildman–Crippen MR) is 66.9 cm³/mol. The Kier molecular flexibility index (Phi) is 3.46. The van der Waals surface area contributed by atoms with E-state index in [0.29, 0.717) is 11.4 Å². The summed E-state index contributed by atoms with van der Waals surface area (Å²) >= 11 is 1.39. The fourth-order valence-electron chi connectivity index (χ4n) is 1.23. The lowest BCUT2D eigenvalue weighted by Crippen LogP contribution is -2.13. The van der Waals surface area contributed by atoms with Crippen LogP contribution < -0.4 is 11.1 Å². The van der Waals surface area contributed by atoms with Gasteiger partial charge in [0.05, 0.1) is 6.04 Å². The first-order valence-corrected chi connectivity index (χ1v) is 5.97. The lowest BCUT2D eigenvalue weighted by molar-refractivity contribution is 0.102. The summed E-state index contributed by atoms with van der Waals surface area (Å²) in [5, 5.41) is 5.19. The topological polar surface area (TPSA) is 80.9 Å². The number of thiazole rings is 1. The molecule has 2 aromatic heterocycles. The van der Waals surface area contributed by atoms with E-state index in [1.165, 1.54) is 11.3 Å². The van der Waals surface area contributed by atoms with Crippen LogP contribution in [0.2, 0.25) is 0 Å². The van der Waals surface area contributed by atoms with Gasteiger partial charge in [-0.3, -0.25) is 9.78 Å². The summed E-state index contributed by atoms with van der Waals surface area (Å²) in [5.74, 6) is -0.237. The number of carbonyl (C=O) groups is 1. The number of nitrogens with one attached hydrogen (secondary N) is 1. The molecule has 3 N–H and O–H groups in total. The Hall–Kier alpha value is -1.79. The fourth-order valence-corrected chi connectivity index (χ4v) is 1.99. The number of anilines is 1. The Morgan fingerprint density at radius 1 is 1.47 bits per heavy atom. The van der Waals surface area contributed by atoms with E-state index in [9.17, 15) is 4.79 Å². The van der Waals surface area contributed by atoms with Gasteiger partial charge in [0.25, 0.3) is 5.91 Å². The fraction of sp³-hybridized carbons (Fsp3) is 0.182. The second-order valence-corrected chi connectivity index (χ2v) is 4.44. The Morgan fingerprint density at radius 2 is 2.18 bits per heavy atom. The zero-order valence-corrected chi connectivity index (χ0v) is 10.1. The Labute approximate surface area is 103 Å². The van der Waals surface area contributed by atoms with Crippen LogP contribution in [0.15, 0.2) is 29.9 Å². The number of carbonyl (C=O) groups excluding carboxylic acids is 1. The summed E-state index contributed by atoms with van der Waals surface area (Å²) in [7, 11) is 0. The minimum absolute atomic E-state index is 0.150. The molecule has 1 unspecified atom stereocenters. The van der Waals surface area contributed by atoms with Gasteiger partial charge in [0.15, 0.2) is 0 Å². The Balaban J connectivity index is 2.10. The van der Waals surface area contributed by atoms with E-state index >= 15 is 0 Å². The second-order valence-electron chi connectivity index (χ2n) is 3.55. The Bertz CT molecular complexity index is 509. The summed E-state index contributed by atoms with van der Waals surface area (Å²) in [6.45, 7) is 1.84. The van der Waals surface area contributed by atoms with Gasteiger partial charge in [-0.05, 0) is 19.1 Å². The molecular formula is C11H12N4OS. The molecule has 0 spiro atoms. The average Bonchev–Trinajstić information content (AvgIpc) is 2.79. The minimum atomic E-state index is -0.237. The van der Waals surface area contributed by atoms with E-state index in [1.807, 2.05) is 6.92 Å². The van der Waals surface area contributed by atoms with E-state index in [-0.39, 0.29) is 11.9 Å². The molecule has 0 radical (unpaired) electrons. The molecule has 1 atom stereocenters. The van der Waals surface area contributed by atoms with Crippen molar-refractivity contribution in [1.82, 2.24) is 9.97 Å². The van der Waals surface area contributed by atoms with E-state index in [2.05, 4.69) is 15.3 Å². The van der Waals surface area contributed by atoms with Gasteiger partial charge in [0.2, 0.25) is 0 Å². The average molecular weight is 248 g/mol. The molecule has 0 saturated heterocycles. The summed E-state index contributed by atoms with van der Waals surface area (Å²) in [6, 6.07) is 3.29. The number of amides is 1. The number of aromatic nitrogens is 2. The second kappa shape index (κ2) is 5.03. The number of pyridine rings is 1. The SMILES string of the molecule is CC(N)c1nc(C(=O)Nc2ccncc2)cs1. The van der Waals surface area contributed by atoms with E-state index in [0.717, 1.165) is 5.01 Å². The largest absolute Gasteiger partial charge is 0.322 e. The van der Waals surface area contributed by atoms with Crippen LogP contribution >= 0.6 is 11.3 Å². The van der Waals surface area contributed by atoms with E-state index < -0.39 is 0 Å². The highest BCUT2D eigenvalue weighted by Crippen LogP contribution is 2.16. The molecule has 0 aromatic carbocycles. The molecule has 88 valence electrons. The molecule has 1 amide bonds. The van der Waals surface area contributed by atoms with Crippen molar-refractivity contribution < 1.29 is 4.79 Å². The van der Waals surface area contributed by atoms with Crippen LogP contribution in [0.4, 0.5) is 5.69 Å². The molecule has 2 rings (SSSR count). The molecule has 0 bridgehead atoms. The van der Waals surface area contributed by atoms with Crippen LogP contribution in [0.25, 0.3) is 0 Å². The zero-order chi connectivity index (χ0) is 12.3. The van der Waals surface area contributed by atoms with Crippen molar-refractivity contribution in [3.05, 3.63) is 40.6 Å². The highest BCUT2D eigenvalue weighted by Gasteiger charge is 2.12. The van der Waals surface area contributed by atoms with Crippen molar-refractivity contribution in [2.24, 2.45) is 5.73 Å². The van der Waals surface area contributed by atoms with E-state index in [4.69, 9.17) is 5.73 Å². The van der Waals surface area contributed by atoms with Crippen LogP contribution in [-0.2, 0) is 0 Å². The van der Waals surface area contributed by atoms with Gasteiger partial charge in [-0.1, -0.05) is 0 Å². The van der Waals surface area contributed by atoms with Gasteiger partial charge in [0, 0.05) is 23.5 Å². The molecule has 6 heteroatoms. The quantitative estimate of drug-likeness (QED) is 0.868. The van der Waals surface area contributed by atoms with Gasteiger partial charge in [-0.2, -0.15) is 0 Å². The molecular weight excluding hydrogens is 236 g/mol. The van der Waals surface area contributed by atoms with Gasteiger partial charge in [0.1, 0.15) is 10.7 Å². The summed E-state index contributed by atoms with van der Waals surface area (Å²) in [4.78, 5) is 19.9. The number of hydrogen-bond acceptors (Lipinski definition) is 5. The lowest BCUT2D eigenvalue weighted by atomic mass is 10.3. The van der Waals surface area contributed by atoms with Gasteiger partial charge < -0.3 is 11.1 Å². The highest BCUT2D eigenvalue weighted by molar-refractivity contribution is 7.09. The third-order valence-corrected chi connectivity index (χ3v) is 3.13. The normalized spacial score (nSPS) is 12.1. The molecule has 5 nitrogen and oxygen atoms in total. The van der Waals surface area contributed by atoms with Crippen LogP contribution in [0.5, 0.6) is 0 Å². The van der Waals surface area contributed by atoms with Crippen molar-refractivity contribution in [3.8, 4) is 0 Å². The molecule has 2 aromatic rings. The number of hydrogen-bond donors (Lipinski definition) is 2. The highest BCUT2D eigenvalue weighted by atomic mass is 32.1. The molecule has 0 aliphatic carbocycles. The van der Waals surface area contributed by atoms with E-state index in [1.54, 1.807) is 29.9 Å².